The van der Waals surface area contributed by atoms with Crippen LogP contribution in [0, 0.1) is 0 Å². The summed E-state index contributed by atoms with van der Waals surface area (Å²) < 4.78 is 19.3. The van der Waals surface area contributed by atoms with Crippen LogP contribution in [-0.2, 0) is 4.57 Å². The molecule has 0 aromatic heterocycles. The second-order valence-corrected chi connectivity index (χ2v) is 7.52. The highest BCUT2D eigenvalue weighted by molar-refractivity contribution is 7.67. The Balaban J connectivity index is 2.07. The van der Waals surface area contributed by atoms with Crippen LogP contribution in [0.3, 0.4) is 0 Å². The second kappa shape index (κ2) is 5.64. The molecule has 5 heteroatoms. The van der Waals surface area contributed by atoms with Crippen molar-refractivity contribution in [3.63, 3.8) is 0 Å². The Morgan fingerprint density at radius 1 is 1.10 bits per heavy atom. The average Bonchev–Trinajstić information content (AvgIpc) is 2.47. The highest BCUT2D eigenvalue weighted by atomic mass is 31.2. The van der Waals surface area contributed by atoms with Gasteiger partial charge in [0, 0.05) is 12.1 Å². The number of para-hydroxylation sites is 1. The molecule has 1 heterocycles. The first-order valence-electron chi connectivity index (χ1n) is 6.91. The van der Waals surface area contributed by atoms with Crippen LogP contribution in [0.15, 0.2) is 48.5 Å². The van der Waals surface area contributed by atoms with E-state index in [9.17, 15) is 4.57 Å². The number of likely N-dealkylation sites (N-methyl/N-ethyl adjacent to an activating group) is 1. The highest BCUT2D eigenvalue weighted by Gasteiger charge is 2.36. The van der Waals surface area contributed by atoms with Gasteiger partial charge in [0.25, 0.3) is 7.37 Å². The Bertz CT molecular complexity index is 701. The standard InChI is InChI=1S/C16H18NO3P/c1-17(10-11-18)12-21(19)16-9-5-3-7-14(16)13-6-2-4-8-15(13)20-21/h2-9,18H,10-12H2,1H3. The summed E-state index contributed by atoms with van der Waals surface area (Å²) in [6.07, 6.45) is 0.291. The summed E-state index contributed by atoms with van der Waals surface area (Å²) in [5, 5.41) is 9.79. The number of fused-ring (bicyclic) bond motifs is 3. The van der Waals surface area contributed by atoms with Gasteiger partial charge in [-0.3, -0.25) is 9.46 Å². The molecule has 1 N–H and O–H groups in total. The first-order valence-corrected chi connectivity index (χ1v) is 8.72. The van der Waals surface area contributed by atoms with Crippen molar-refractivity contribution in [3.8, 4) is 16.9 Å². The predicted molar refractivity (Wildman–Crippen MR) is 84.3 cm³/mol. The minimum atomic E-state index is -3.01. The lowest BCUT2D eigenvalue weighted by Gasteiger charge is -2.31. The maximum atomic E-state index is 13.4. The first-order chi connectivity index (χ1) is 10.1. The normalized spacial score (nSPS) is 19.8. The first kappa shape index (κ1) is 14.3. The maximum absolute atomic E-state index is 13.4. The van der Waals surface area contributed by atoms with Crippen LogP contribution in [0.2, 0.25) is 0 Å². The van der Waals surface area contributed by atoms with Crippen molar-refractivity contribution >= 4 is 12.7 Å². The molecule has 1 aliphatic heterocycles. The van der Waals surface area contributed by atoms with Crippen molar-refractivity contribution in [3.05, 3.63) is 48.5 Å². The Hall–Kier alpha value is -1.61. The molecule has 2 aromatic rings. The molecule has 0 radical (unpaired) electrons. The van der Waals surface area contributed by atoms with Crippen LogP contribution in [0.25, 0.3) is 11.1 Å². The number of rotatable bonds is 4. The fraction of sp³-hybridized carbons (Fsp3) is 0.250. The van der Waals surface area contributed by atoms with Gasteiger partial charge < -0.3 is 9.63 Å². The van der Waals surface area contributed by atoms with Crippen molar-refractivity contribution in [2.24, 2.45) is 0 Å². The number of hydrogen-bond donors (Lipinski definition) is 1. The molecule has 0 spiro atoms. The van der Waals surface area contributed by atoms with Gasteiger partial charge in [0.1, 0.15) is 5.75 Å². The summed E-state index contributed by atoms with van der Waals surface area (Å²) in [5.41, 5.74) is 1.95. The molecule has 1 unspecified atom stereocenters. The fourth-order valence-corrected chi connectivity index (χ4v) is 5.08. The van der Waals surface area contributed by atoms with Gasteiger partial charge in [-0.15, -0.1) is 0 Å². The topological polar surface area (TPSA) is 49.8 Å². The lowest BCUT2D eigenvalue weighted by molar-refractivity contribution is 0.234. The summed E-state index contributed by atoms with van der Waals surface area (Å²) in [6.45, 7) is 0.506. The van der Waals surface area contributed by atoms with E-state index in [1.165, 1.54) is 0 Å². The number of aliphatic hydroxyl groups is 1. The van der Waals surface area contributed by atoms with Gasteiger partial charge in [-0.25, -0.2) is 0 Å². The van der Waals surface area contributed by atoms with Crippen LogP contribution in [-0.4, -0.2) is 36.5 Å². The average molecular weight is 303 g/mol. The number of benzene rings is 2. The predicted octanol–water partition coefficient (Wildman–Crippen LogP) is 2.53. The molecule has 0 saturated carbocycles. The summed E-state index contributed by atoms with van der Waals surface area (Å²) in [5.74, 6) is 0.664. The molecule has 2 aromatic carbocycles. The summed E-state index contributed by atoms with van der Waals surface area (Å²) >= 11 is 0. The van der Waals surface area contributed by atoms with Crippen molar-refractivity contribution in [1.29, 1.82) is 0 Å². The van der Waals surface area contributed by atoms with Crippen LogP contribution in [0.1, 0.15) is 0 Å². The highest BCUT2D eigenvalue weighted by Crippen LogP contribution is 2.54. The number of nitrogens with zero attached hydrogens (tertiary/aromatic N) is 1. The largest absolute Gasteiger partial charge is 0.438 e. The van der Waals surface area contributed by atoms with Gasteiger partial charge in [0.15, 0.2) is 0 Å². The van der Waals surface area contributed by atoms with E-state index < -0.39 is 7.37 Å². The number of hydrogen-bond acceptors (Lipinski definition) is 4. The van der Waals surface area contributed by atoms with E-state index in [0.29, 0.717) is 18.6 Å². The molecule has 110 valence electrons. The quantitative estimate of drug-likeness (QED) is 0.882. The van der Waals surface area contributed by atoms with E-state index in [0.717, 1.165) is 16.4 Å². The van der Waals surface area contributed by atoms with Crippen molar-refractivity contribution in [2.75, 3.05) is 26.5 Å². The zero-order valence-corrected chi connectivity index (χ0v) is 12.8. The van der Waals surface area contributed by atoms with Crippen molar-refractivity contribution < 1.29 is 14.2 Å². The molecule has 0 amide bonds. The van der Waals surface area contributed by atoms with Gasteiger partial charge in [0.2, 0.25) is 0 Å². The molecule has 1 aliphatic rings. The monoisotopic (exact) mass is 303 g/mol. The van der Waals surface area contributed by atoms with Gasteiger partial charge >= 0.3 is 0 Å². The molecule has 21 heavy (non-hydrogen) atoms. The molecule has 0 saturated heterocycles. The van der Waals surface area contributed by atoms with E-state index in [4.69, 9.17) is 9.63 Å². The zero-order valence-electron chi connectivity index (χ0n) is 11.9. The Labute approximate surface area is 124 Å². The number of aliphatic hydroxyl groups excluding tert-OH is 1. The van der Waals surface area contributed by atoms with Crippen LogP contribution in [0.4, 0.5) is 0 Å². The third-order valence-electron chi connectivity index (χ3n) is 3.60. The van der Waals surface area contributed by atoms with Crippen LogP contribution >= 0.6 is 7.37 Å². The van der Waals surface area contributed by atoms with Gasteiger partial charge in [-0.05, 0) is 24.7 Å². The van der Waals surface area contributed by atoms with E-state index in [1.54, 1.807) is 0 Å². The minimum absolute atomic E-state index is 0.0364. The molecule has 0 fully saturated rings. The zero-order chi connectivity index (χ0) is 14.9. The lowest BCUT2D eigenvalue weighted by atomic mass is 10.0. The van der Waals surface area contributed by atoms with Gasteiger partial charge in [-0.1, -0.05) is 36.4 Å². The fourth-order valence-electron chi connectivity index (χ4n) is 2.64. The van der Waals surface area contributed by atoms with E-state index in [1.807, 2.05) is 60.5 Å². The molecule has 0 aliphatic carbocycles. The third-order valence-corrected chi connectivity index (χ3v) is 6.07. The third kappa shape index (κ3) is 2.62. The Morgan fingerprint density at radius 2 is 1.76 bits per heavy atom. The van der Waals surface area contributed by atoms with Crippen molar-refractivity contribution in [1.82, 2.24) is 4.90 Å². The van der Waals surface area contributed by atoms with Gasteiger partial charge in [-0.2, -0.15) is 0 Å². The van der Waals surface area contributed by atoms with Gasteiger partial charge in [0.05, 0.1) is 18.2 Å². The van der Waals surface area contributed by atoms with E-state index in [-0.39, 0.29) is 6.61 Å². The molecule has 4 nitrogen and oxygen atoms in total. The second-order valence-electron chi connectivity index (χ2n) is 5.22. The molecular formula is C16H18NO3P. The van der Waals surface area contributed by atoms with E-state index in [2.05, 4.69) is 0 Å². The SMILES string of the molecule is CN(CCO)CP1(=O)Oc2ccccc2-c2ccccc21. The van der Waals surface area contributed by atoms with Crippen LogP contribution < -0.4 is 9.83 Å². The lowest BCUT2D eigenvalue weighted by Crippen LogP contribution is -2.29. The van der Waals surface area contributed by atoms with Crippen LogP contribution in [0.5, 0.6) is 5.75 Å². The minimum Gasteiger partial charge on any atom is -0.438 e. The molecule has 0 bridgehead atoms. The molecule has 1 atom stereocenters. The van der Waals surface area contributed by atoms with Crippen molar-refractivity contribution in [2.45, 2.75) is 0 Å². The summed E-state index contributed by atoms with van der Waals surface area (Å²) in [4.78, 5) is 1.84. The Morgan fingerprint density at radius 3 is 2.52 bits per heavy atom. The molecule has 3 rings (SSSR count). The smallest absolute Gasteiger partial charge is 0.291 e. The summed E-state index contributed by atoms with van der Waals surface area (Å²) in [6, 6.07) is 15.4. The van der Waals surface area contributed by atoms with E-state index >= 15 is 0 Å². The Kier molecular flexibility index (Phi) is 3.85. The molecular weight excluding hydrogens is 285 g/mol. The summed E-state index contributed by atoms with van der Waals surface area (Å²) in [7, 11) is -1.17. The maximum Gasteiger partial charge on any atom is 0.291 e.